The molecule has 0 saturated heterocycles. The highest BCUT2D eigenvalue weighted by atomic mass is 35.5. The van der Waals surface area contributed by atoms with Gasteiger partial charge in [0.15, 0.2) is 0 Å². The van der Waals surface area contributed by atoms with Gasteiger partial charge in [-0.2, -0.15) is 15.5 Å². The van der Waals surface area contributed by atoms with Gasteiger partial charge in [0.25, 0.3) is 5.91 Å². The van der Waals surface area contributed by atoms with Crippen LogP contribution >= 0.6 is 11.6 Å². The van der Waals surface area contributed by atoms with Crippen molar-refractivity contribution in [2.45, 2.75) is 26.1 Å². The third kappa shape index (κ3) is 4.06. The second-order valence-corrected chi connectivity index (χ2v) is 6.75. The van der Waals surface area contributed by atoms with Crippen molar-refractivity contribution in [1.29, 1.82) is 5.26 Å². The maximum atomic E-state index is 11.7. The van der Waals surface area contributed by atoms with Gasteiger partial charge in [0.2, 0.25) is 0 Å². The number of amides is 1. The zero-order valence-electron chi connectivity index (χ0n) is 15.5. The molecule has 0 unspecified atom stereocenters. The number of benzene rings is 1. The topological polar surface area (TPSA) is 112 Å². The van der Waals surface area contributed by atoms with Crippen molar-refractivity contribution in [3.05, 3.63) is 58.5 Å². The van der Waals surface area contributed by atoms with Gasteiger partial charge < -0.3 is 10.5 Å². The predicted octanol–water partition coefficient (Wildman–Crippen LogP) is 2.78. The molecule has 0 bridgehead atoms. The van der Waals surface area contributed by atoms with Crippen molar-refractivity contribution in [3.63, 3.8) is 0 Å². The quantitative estimate of drug-likeness (QED) is 0.657. The van der Waals surface area contributed by atoms with E-state index < -0.39 is 5.91 Å². The Labute approximate surface area is 167 Å². The Kier molecular flexibility index (Phi) is 5.78. The molecule has 3 rings (SSSR count). The molecule has 144 valence electrons. The summed E-state index contributed by atoms with van der Waals surface area (Å²) in [7, 11) is 1.56. The van der Waals surface area contributed by atoms with Crippen molar-refractivity contribution in [1.82, 2.24) is 19.6 Å². The maximum absolute atomic E-state index is 11.7. The van der Waals surface area contributed by atoms with E-state index in [1.165, 1.54) is 0 Å². The maximum Gasteiger partial charge on any atom is 0.266 e. The highest BCUT2D eigenvalue weighted by Crippen LogP contribution is 2.24. The van der Waals surface area contributed by atoms with E-state index in [2.05, 4.69) is 10.2 Å². The Bertz CT molecular complexity index is 1050. The molecule has 1 atom stereocenters. The normalized spacial score (nSPS) is 11.9. The van der Waals surface area contributed by atoms with E-state index in [-0.39, 0.29) is 6.04 Å². The van der Waals surface area contributed by atoms with Gasteiger partial charge in [-0.1, -0.05) is 17.7 Å². The number of nitrogens with two attached hydrogens (primary N) is 1. The molecule has 28 heavy (non-hydrogen) atoms. The molecule has 3 aromatic rings. The van der Waals surface area contributed by atoms with Gasteiger partial charge in [-0.3, -0.25) is 14.2 Å². The van der Waals surface area contributed by atoms with Crippen LogP contribution in [0.2, 0.25) is 5.02 Å². The number of hydrogen-bond donors (Lipinski definition) is 1. The van der Waals surface area contributed by atoms with Crippen LogP contribution < -0.4 is 5.73 Å². The average Bonchev–Trinajstić information content (AvgIpc) is 3.29. The van der Waals surface area contributed by atoms with E-state index in [1.54, 1.807) is 40.7 Å². The van der Waals surface area contributed by atoms with Gasteiger partial charge in [-0.25, -0.2) is 0 Å². The molecule has 0 fully saturated rings. The fraction of sp³-hybridized carbons (Fsp3) is 0.263. The Morgan fingerprint density at radius 2 is 2.14 bits per heavy atom. The van der Waals surface area contributed by atoms with Crippen LogP contribution in [0, 0.1) is 11.3 Å². The first-order valence-electron chi connectivity index (χ1n) is 8.53. The van der Waals surface area contributed by atoms with Gasteiger partial charge in [0.05, 0.1) is 41.2 Å². The Morgan fingerprint density at radius 1 is 1.36 bits per heavy atom. The summed E-state index contributed by atoms with van der Waals surface area (Å²) in [4.78, 5) is 11.7. The number of halogens is 1. The first-order valence-corrected chi connectivity index (χ1v) is 8.91. The lowest BCUT2D eigenvalue weighted by molar-refractivity contribution is 0.0987. The standard InChI is InChI=1S/C19H19ClN6O2/c1-12(26-18(19(22)27)8-15(23-26)11-28-2)10-25-6-5-17(24-25)13-3-4-14(9-21)16(20)7-13/h3-8,12H,10-11H2,1-2H3,(H2,22,27)/t12-/m0/s1. The van der Waals surface area contributed by atoms with Crippen LogP contribution in [0.25, 0.3) is 11.3 Å². The van der Waals surface area contributed by atoms with E-state index >= 15 is 0 Å². The average molecular weight is 399 g/mol. The summed E-state index contributed by atoms with van der Waals surface area (Å²) in [5.74, 6) is -0.546. The zero-order valence-corrected chi connectivity index (χ0v) is 16.2. The van der Waals surface area contributed by atoms with Crippen LogP contribution in [-0.4, -0.2) is 32.6 Å². The van der Waals surface area contributed by atoms with Crippen molar-refractivity contribution in [2.75, 3.05) is 7.11 Å². The molecule has 1 amide bonds. The lowest BCUT2D eigenvalue weighted by atomic mass is 10.1. The summed E-state index contributed by atoms with van der Waals surface area (Å²) in [6, 6.07) is 10.5. The van der Waals surface area contributed by atoms with E-state index in [1.807, 2.05) is 25.3 Å². The summed E-state index contributed by atoms with van der Waals surface area (Å²) >= 11 is 6.10. The number of aromatic nitrogens is 4. The number of hydrogen-bond acceptors (Lipinski definition) is 5. The molecule has 0 saturated carbocycles. The number of nitrogens with zero attached hydrogens (tertiary/aromatic N) is 5. The third-order valence-corrected chi connectivity index (χ3v) is 4.54. The number of rotatable bonds is 7. The second kappa shape index (κ2) is 8.25. The molecular formula is C19H19ClN6O2. The first-order chi connectivity index (χ1) is 13.4. The van der Waals surface area contributed by atoms with Crippen LogP contribution in [0.4, 0.5) is 0 Å². The van der Waals surface area contributed by atoms with Crippen molar-refractivity contribution in [3.8, 4) is 17.3 Å². The monoisotopic (exact) mass is 398 g/mol. The summed E-state index contributed by atoms with van der Waals surface area (Å²) in [5, 5.41) is 18.3. The molecule has 2 heterocycles. The fourth-order valence-electron chi connectivity index (χ4n) is 2.91. The van der Waals surface area contributed by atoms with Crippen LogP contribution in [0.5, 0.6) is 0 Å². The third-order valence-electron chi connectivity index (χ3n) is 4.23. The number of nitriles is 1. The summed E-state index contributed by atoms with van der Waals surface area (Å²) in [6.07, 6.45) is 1.83. The van der Waals surface area contributed by atoms with Crippen molar-refractivity contribution >= 4 is 17.5 Å². The number of ether oxygens (including phenoxy) is 1. The minimum absolute atomic E-state index is 0.162. The van der Waals surface area contributed by atoms with E-state index in [9.17, 15) is 4.79 Å². The Hall–Kier alpha value is -3.15. The van der Waals surface area contributed by atoms with Crippen molar-refractivity contribution in [2.24, 2.45) is 5.73 Å². The van der Waals surface area contributed by atoms with E-state index in [0.29, 0.717) is 35.1 Å². The van der Waals surface area contributed by atoms with Gasteiger partial charge in [0, 0.05) is 18.9 Å². The number of primary amides is 1. The second-order valence-electron chi connectivity index (χ2n) is 6.34. The van der Waals surface area contributed by atoms with Gasteiger partial charge in [0.1, 0.15) is 11.8 Å². The molecule has 0 aliphatic heterocycles. The zero-order chi connectivity index (χ0) is 20.3. The largest absolute Gasteiger partial charge is 0.378 e. The van der Waals surface area contributed by atoms with E-state index in [4.69, 9.17) is 27.3 Å². The van der Waals surface area contributed by atoms with Gasteiger partial charge in [-0.15, -0.1) is 0 Å². The number of methoxy groups -OCH3 is 1. The summed E-state index contributed by atoms with van der Waals surface area (Å²) in [5.41, 5.74) is 8.40. The molecule has 0 radical (unpaired) electrons. The molecular weight excluding hydrogens is 380 g/mol. The summed E-state index contributed by atoms with van der Waals surface area (Å²) in [6.45, 7) is 2.71. The molecule has 0 aliphatic carbocycles. The molecule has 8 nitrogen and oxygen atoms in total. The highest BCUT2D eigenvalue weighted by Gasteiger charge is 2.18. The molecule has 0 spiro atoms. The Morgan fingerprint density at radius 3 is 2.79 bits per heavy atom. The minimum atomic E-state index is -0.546. The highest BCUT2D eigenvalue weighted by molar-refractivity contribution is 6.32. The lowest BCUT2D eigenvalue weighted by Gasteiger charge is -2.14. The van der Waals surface area contributed by atoms with Crippen LogP contribution in [0.15, 0.2) is 36.5 Å². The smallest absolute Gasteiger partial charge is 0.266 e. The predicted molar refractivity (Wildman–Crippen MR) is 104 cm³/mol. The number of carbonyl (C=O) groups excluding carboxylic acids is 1. The van der Waals surface area contributed by atoms with Crippen LogP contribution in [-0.2, 0) is 17.9 Å². The fourth-order valence-corrected chi connectivity index (χ4v) is 3.14. The minimum Gasteiger partial charge on any atom is -0.378 e. The summed E-state index contributed by atoms with van der Waals surface area (Å²) < 4.78 is 8.43. The molecule has 9 heteroatoms. The van der Waals surface area contributed by atoms with Crippen LogP contribution in [0.3, 0.4) is 0 Å². The molecule has 2 N–H and O–H groups in total. The first kappa shape index (κ1) is 19.6. The van der Waals surface area contributed by atoms with E-state index in [0.717, 1.165) is 11.3 Å². The molecule has 0 aliphatic rings. The molecule has 2 aromatic heterocycles. The van der Waals surface area contributed by atoms with Crippen molar-refractivity contribution < 1.29 is 9.53 Å². The van der Waals surface area contributed by atoms with Crippen LogP contribution in [0.1, 0.15) is 34.7 Å². The Balaban J connectivity index is 1.81. The van der Waals surface area contributed by atoms with Gasteiger partial charge in [-0.05, 0) is 31.2 Å². The lowest BCUT2D eigenvalue weighted by Crippen LogP contribution is -2.22. The number of carbonyl (C=O) groups is 1. The van der Waals surface area contributed by atoms with Gasteiger partial charge >= 0.3 is 0 Å². The molecule has 1 aromatic carbocycles. The SMILES string of the molecule is COCc1cc(C(N)=O)n([C@@H](C)Cn2ccc(-c3ccc(C#N)c(Cl)c3)n2)n1.